The Labute approximate surface area is 56.0 Å². The molecular weight excluding hydrogens is 126 g/mol. The van der Waals surface area contributed by atoms with E-state index in [1.54, 1.807) is 7.11 Å². The Morgan fingerprint density at radius 3 is 2.50 bits per heavy atom. The molecule has 3 heteroatoms. The van der Waals surface area contributed by atoms with Gasteiger partial charge in [0.2, 0.25) is 0 Å². The minimum absolute atomic E-state index is 0. The second kappa shape index (κ2) is 4.13. The maximum atomic E-state index is 4.88. The van der Waals surface area contributed by atoms with E-state index < -0.39 is 0 Å². The molecule has 1 fully saturated rings. The normalized spacial score (nSPS) is 25.9. The van der Waals surface area contributed by atoms with E-state index >= 15 is 0 Å². The Morgan fingerprint density at radius 1 is 1.75 bits per heavy atom. The monoisotopic (exact) mass is 137 g/mol. The summed E-state index contributed by atoms with van der Waals surface area (Å²) in [5.41, 5.74) is 0. The van der Waals surface area contributed by atoms with Crippen molar-refractivity contribution < 1.29 is 4.74 Å². The van der Waals surface area contributed by atoms with E-state index in [4.69, 9.17) is 4.74 Å². The van der Waals surface area contributed by atoms with Gasteiger partial charge in [-0.25, -0.2) is 0 Å². The third kappa shape index (κ3) is 1.99. The topological polar surface area (TPSA) is 21.3 Å². The van der Waals surface area contributed by atoms with E-state index in [2.05, 4.69) is 5.32 Å². The molecule has 0 saturated carbocycles. The third-order valence-electron chi connectivity index (χ3n) is 1.29. The number of nitrogens with one attached hydrogen (secondary N) is 1. The Balaban J connectivity index is 0.000000490. The first-order chi connectivity index (χ1) is 3.43. The van der Waals surface area contributed by atoms with E-state index in [1.165, 1.54) is 13.0 Å². The average Bonchev–Trinajstić information content (AvgIpc) is 1.55. The van der Waals surface area contributed by atoms with Gasteiger partial charge in [-0.1, -0.05) is 0 Å². The molecule has 0 radical (unpaired) electrons. The van der Waals surface area contributed by atoms with Gasteiger partial charge in [0.15, 0.2) is 0 Å². The predicted molar refractivity (Wildman–Crippen MR) is 35.5 cm³/mol. The van der Waals surface area contributed by atoms with Gasteiger partial charge in [-0.2, -0.15) is 0 Å². The van der Waals surface area contributed by atoms with Crippen molar-refractivity contribution in [2.24, 2.45) is 0 Å². The number of hydrogen-bond donors (Lipinski definition) is 1. The molecule has 0 spiro atoms. The van der Waals surface area contributed by atoms with Crippen molar-refractivity contribution in [2.45, 2.75) is 12.5 Å². The summed E-state index contributed by atoms with van der Waals surface area (Å²) < 4.78 is 4.88. The van der Waals surface area contributed by atoms with Gasteiger partial charge in [0, 0.05) is 13.2 Å². The van der Waals surface area contributed by atoms with Gasteiger partial charge in [-0.05, 0) is 13.0 Å². The number of hydrogen-bond acceptors (Lipinski definition) is 2. The summed E-state index contributed by atoms with van der Waals surface area (Å²) in [4.78, 5) is 0. The molecule has 1 N–H and O–H groups in total. The van der Waals surface area contributed by atoms with Crippen molar-refractivity contribution in [2.75, 3.05) is 20.3 Å². The zero-order chi connectivity index (χ0) is 5.11. The third-order valence-corrected chi connectivity index (χ3v) is 1.29. The fraction of sp³-hybridized carbons (Fsp3) is 1.00. The zero-order valence-electron chi connectivity index (χ0n) is 5.02. The average molecular weight is 138 g/mol. The predicted octanol–water partition coefficient (Wildman–Crippen LogP) is 0.416. The van der Waals surface area contributed by atoms with Crippen molar-refractivity contribution in [3.63, 3.8) is 0 Å². The summed E-state index contributed by atoms with van der Waals surface area (Å²) in [6.45, 7) is 2.05. The summed E-state index contributed by atoms with van der Waals surface area (Å²) in [7, 11) is 1.74. The highest BCUT2D eigenvalue weighted by Gasteiger charge is 2.14. The van der Waals surface area contributed by atoms with Crippen LogP contribution in [0, 0.1) is 0 Å². The van der Waals surface area contributed by atoms with Crippen LogP contribution in [0.4, 0.5) is 0 Å². The van der Waals surface area contributed by atoms with Gasteiger partial charge in [-0.15, -0.1) is 12.4 Å². The molecule has 0 aromatic heterocycles. The van der Waals surface area contributed by atoms with Gasteiger partial charge in [-0.3, -0.25) is 0 Å². The quantitative estimate of drug-likeness (QED) is 0.596. The Kier molecular flexibility index (Phi) is 4.23. The van der Waals surface area contributed by atoms with Crippen LogP contribution in [0.25, 0.3) is 0 Å². The van der Waals surface area contributed by atoms with E-state index in [0.717, 1.165) is 6.61 Å². The van der Waals surface area contributed by atoms with Gasteiger partial charge < -0.3 is 10.1 Å². The smallest absolute Gasteiger partial charge is 0.0616 e. The molecule has 1 aliphatic heterocycles. The van der Waals surface area contributed by atoms with Crippen molar-refractivity contribution >= 4 is 12.4 Å². The molecule has 1 saturated heterocycles. The van der Waals surface area contributed by atoms with Crippen LogP contribution in [-0.2, 0) is 4.74 Å². The number of ether oxygens (including phenoxy) is 1. The first kappa shape index (κ1) is 8.21. The maximum Gasteiger partial charge on any atom is 0.0616 e. The Morgan fingerprint density at radius 2 is 2.38 bits per heavy atom. The van der Waals surface area contributed by atoms with Crippen LogP contribution in [-0.4, -0.2) is 26.3 Å². The molecule has 1 atom stereocenters. The lowest BCUT2D eigenvalue weighted by atomic mass is 10.1. The van der Waals surface area contributed by atoms with E-state index in [1.807, 2.05) is 0 Å². The maximum absolute atomic E-state index is 4.88. The lowest BCUT2D eigenvalue weighted by Crippen LogP contribution is -2.45. The van der Waals surface area contributed by atoms with Gasteiger partial charge >= 0.3 is 0 Å². The van der Waals surface area contributed by atoms with Crippen LogP contribution in [0.15, 0.2) is 0 Å². The molecule has 1 heterocycles. The molecule has 0 amide bonds. The first-order valence-electron chi connectivity index (χ1n) is 2.66. The lowest BCUT2D eigenvalue weighted by Gasteiger charge is -2.26. The lowest BCUT2D eigenvalue weighted by molar-refractivity contribution is 0.139. The molecule has 1 rings (SSSR count). The van der Waals surface area contributed by atoms with Crippen molar-refractivity contribution in [3.8, 4) is 0 Å². The molecular formula is C5H12ClNO. The summed E-state index contributed by atoms with van der Waals surface area (Å²) in [6.07, 6.45) is 1.29. The van der Waals surface area contributed by atoms with E-state index in [-0.39, 0.29) is 12.4 Å². The first-order valence-corrected chi connectivity index (χ1v) is 2.66. The fourth-order valence-electron chi connectivity index (χ4n) is 0.692. The minimum Gasteiger partial charge on any atom is -0.383 e. The summed E-state index contributed by atoms with van der Waals surface area (Å²) >= 11 is 0. The highest BCUT2D eigenvalue weighted by molar-refractivity contribution is 5.85. The zero-order valence-corrected chi connectivity index (χ0v) is 5.83. The number of rotatable bonds is 2. The number of methoxy groups -OCH3 is 1. The van der Waals surface area contributed by atoms with Crippen molar-refractivity contribution in [1.29, 1.82) is 0 Å². The molecule has 0 unspecified atom stereocenters. The van der Waals surface area contributed by atoms with E-state index in [9.17, 15) is 0 Å². The largest absolute Gasteiger partial charge is 0.383 e. The molecule has 0 aliphatic carbocycles. The van der Waals surface area contributed by atoms with Crippen LogP contribution in [0.5, 0.6) is 0 Å². The van der Waals surface area contributed by atoms with Crippen LogP contribution >= 0.6 is 12.4 Å². The Bertz CT molecular complexity index is 56.4. The van der Waals surface area contributed by atoms with Crippen LogP contribution in [0.3, 0.4) is 0 Å². The van der Waals surface area contributed by atoms with Gasteiger partial charge in [0.1, 0.15) is 0 Å². The SMILES string of the molecule is COC[C@H]1CCN1.Cl. The fourth-order valence-corrected chi connectivity index (χ4v) is 0.692. The molecule has 1 aliphatic rings. The molecule has 8 heavy (non-hydrogen) atoms. The van der Waals surface area contributed by atoms with Crippen LogP contribution in [0.2, 0.25) is 0 Å². The second-order valence-corrected chi connectivity index (χ2v) is 1.90. The van der Waals surface area contributed by atoms with Gasteiger partial charge in [0.25, 0.3) is 0 Å². The molecule has 0 aromatic rings. The summed E-state index contributed by atoms with van der Waals surface area (Å²) in [6, 6.07) is 0.657. The van der Waals surface area contributed by atoms with E-state index in [0.29, 0.717) is 6.04 Å². The highest BCUT2D eigenvalue weighted by atomic mass is 35.5. The summed E-state index contributed by atoms with van der Waals surface area (Å²) in [5, 5.41) is 3.22. The Hall–Kier alpha value is 0.210. The van der Waals surface area contributed by atoms with Crippen molar-refractivity contribution in [3.05, 3.63) is 0 Å². The van der Waals surface area contributed by atoms with Crippen LogP contribution in [0.1, 0.15) is 6.42 Å². The molecule has 50 valence electrons. The standard InChI is InChI=1S/C5H11NO.ClH/c1-7-4-5-2-3-6-5;/h5-6H,2-4H2,1H3;1H/t5-;/m1./s1. The number of halogens is 1. The second-order valence-electron chi connectivity index (χ2n) is 1.90. The molecule has 2 nitrogen and oxygen atoms in total. The molecule has 0 aromatic carbocycles. The minimum atomic E-state index is 0. The van der Waals surface area contributed by atoms with Gasteiger partial charge in [0.05, 0.1) is 6.61 Å². The van der Waals surface area contributed by atoms with Crippen LogP contribution < -0.4 is 5.32 Å². The highest BCUT2D eigenvalue weighted by Crippen LogP contribution is 1.99. The van der Waals surface area contributed by atoms with Crippen molar-refractivity contribution in [1.82, 2.24) is 5.32 Å². The molecule has 0 bridgehead atoms. The summed E-state index contributed by atoms with van der Waals surface area (Å²) in [5.74, 6) is 0.